The second-order valence-electron chi connectivity index (χ2n) is 6.52. The van der Waals surface area contributed by atoms with Gasteiger partial charge in [0.25, 0.3) is 5.91 Å². The number of carboxylic acid groups (broad SMARTS) is 1. The number of aromatic nitrogens is 2. The summed E-state index contributed by atoms with van der Waals surface area (Å²) in [4.78, 5) is 26.3. The number of hydrogen-bond acceptors (Lipinski definition) is 4. The standard InChI is InChI=1S/C19H23N3O4/c1-4-22-11-15(12(2)20-22)18(23)21-9-16(17(10-21)19(24)25)13-5-7-14(26-3)8-6-13/h5-8,11,16-17H,4,9-10H2,1-3H3,(H,24,25)/t16-,17+/m0/s1. The third kappa shape index (κ3) is 3.29. The monoisotopic (exact) mass is 357 g/mol. The highest BCUT2D eigenvalue weighted by atomic mass is 16.5. The summed E-state index contributed by atoms with van der Waals surface area (Å²) in [5.41, 5.74) is 2.09. The van der Waals surface area contributed by atoms with E-state index in [9.17, 15) is 14.7 Å². The molecule has 1 aromatic heterocycles. The molecule has 138 valence electrons. The average Bonchev–Trinajstić information content (AvgIpc) is 3.25. The van der Waals surface area contributed by atoms with E-state index in [2.05, 4.69) is 5.10 Å². The van der Waals surface area contributed by atoms with Gasteiger partial charge in [-0.05, 0) is 31.5 Å². The van der Waals surface area contributed by atoms with Crippen molar-refractivity contribution in [1.82, 2.24) is 14.7 Å². The molecule has 1 N–H and O–H groups in total. The van der Waals surface area contributed by atoms with Crippen molar-refractivity contribution in [1.29, 1.82) is 0 Å². The highest BCUT2D eigenvalue weighted by Gasteiger charge is 2.41. The van der Waals surface area contributed by atoms with Gasteiger partial charge in [0.2, 0.25) is 0 Å². The predicted octanol–water partition coefficient (Wildman–Crippen LogP) is 2.16. The maximum absolute atomic E-state index is 12.9. The number of carbonyl (C=O) groups excluding carboxylic acids is 1. The lowest BCUT2D eigenvalue weighted by atomic mass is 9.89. The highest BCUT2D eigenvalue weighted by molar-refractivity contribution is 5.95. The third-order valence-corrected chi connectivity index (χ3v) is 4.97. The fraction of sp³-hybridized carbons (Fsp3) is 0.421. The normalized spacial score (nSPS) is 19.6. The number of aryl methyl sites for hydroxylation is 2. The lowest BCUT2D eigenvalue weighted by molar-refractivity contribution is -0.141. The smallest absolute Gasteiger partial charge is 0.308 e. The fourth-order valence-electron chi connectivity index (χ4n) is 3.47. The zero-order chi connectivity index (χ0) is 18.8. The van der Waals surface area contributed by atoms with Gasteiger partial charge in [-0.1, -0.05) is 12.1 Å². The van der Waals surface area contributed by atoms with E-state index in [1.807, 2.05) is 31.2 Å². The zero-order valence-corrected chi connectivity index (χ0v) is 15.2. The maximum Gasteiger partial charge on any atom is 0.308 e. The molecule has 3 rings (SSSR count). The fourth-order valence-corrected chi connectivity index (χ4v) is 3.47. The van der Waals surface area contributed by atoms with Gasteiger partial charge < -0.3 is 14.7 Å². The second kappa shape index (κ2) is 7.19. The van der Waals surface area contributed by atoms with Crippen LogP contribution in [0.4, 0.5) is 0 Å². The van der Waals surface area contributed by atoms with Crippen LogP contribution in [0.1, 0.15) is 34.5 Å². The van der Waals surface area contributed by atoms with E-state index in [0.29, 0.717) is 30.1 Å². The molecule has 0 saturated carbocycles. The van der Waals surface area contributed by atoms with E-state index < -0.39 is 11.9 Å². The summed E-state index contributed by atoms with van der Waals surface area (Å²) in [5.74, 6) is -1.21. The molecule has 1 aliphatic heterocycles. The first-order chi connectivity index (χ1) is 12.4. The molecule has 2 heterocycles. The molecule has 0 aliphatic carbocycles. The van der Waals surface area contributed by atoms with Crippen LogP contribution in [0.5, 0.6) is 5.75 Å². The SMILES string of the molecule is CCn1cc(C(=O)N2C[C@@H](C(=O)O)[C@H](c3ccc(OC)cc3)C2)c(C)n1. The van der Waals surface area contributed by atoms with Crippen LogP contribution in [0, 0.1) is 12.8 Å². The molecule has 0 unspecified atom stereocenters. The molecule has 2 atom stereocenters. The number of amides is 1. The topological polar surface area (TPSA) is 84.7 Å². The number of nitrogens with zero attached hydrogens (tertiary/aromatic N) is 3. The number of carboxylic acids is 1. The first-order valence-electron chi connectivity index (χ1n) is 8.64. The molecule has 1 amide bonds. The Labute approximate surface area is 152 Å². The molecule has 2 aromatic rings. The molecule has 1 fully saturated rings. The lowest BCUT2D eigenvalue weighted by Crippen LogP contribution is -2.30. The minimum atomic E-state index is -0.887. The van der Waals surface area contributed by atoms with Crippen molar-refractivity contribution >= 4 is 11.9 Å². The van der Waals surface area contributed by atoms with Gasteiger partial charge in [-0.3, -0.25) is 14.3 Å². The van der Waals surface area contributed by atoms with Gasteiger partial charge in [0.1, 0.15) is 5.75 Å². The summed E-state index contributed by atoms with van der Waals surface area (Å²) in [6.07, 6.45) is 1.73. The van der Waals surface area contributed by atoms with Gasteiger partial charge in [0.05, 0.1) is 24.3 Å². The van der Waals surface area contributed by atoms with Gasteiger partial charge in [0.15, 0.2) is 0 Å². The summed E-state index contributed by atoms with van der Waals surface area (Å²) in [5, 5.41) is 13.9. The van der Waals surface area contributed by atoms with Crippen molar-refractivity contribution in [2.75, 3.05) is 20.2 Å². The predicted molar refractivity (Wildman–Crippen MR) is 95.4 cm³/mol. The Hall–Kier alpha value is -2.83. The molecule has 0 spiro atoms. The van der Waals surface area contributed by atoms with Gasteiger partial charge >= 0.3 is 5.97 Å². The Bertz CT molecular complexity index is 813. The summed E-state index contributed by atoms with van der Waals surface area (Å²) in [6.45, 7) is 5.00. The first kappa shape index (κ1) is 18.0. The van der Waals surface area contributed by atoms with Crippen molar-refractivity contribution in [3.8, 4) is 5.75 Å². The van der Waals surface area contributed by atoms with Crippen molar-refractivity contribution in [2.24, 2.45) is 5.92 Å². The number of aliphatic carboxylic acids is 1. The molecule has 1 aromatic carbocycles. The van der Waals surface area contributed by atoms with Crippen molar-refractivity contribution < 1.29 is 19.4 Å². The van der Waals surface area contributed by atoms with Crippen LogP contribution in [0.25, 0.3) is 0 Å². The van der Waals surface area contributed by atoms with Crippen molar-refractivity contribution in [2.45, 2.75) is 26.3 Å². The highest BCUT2D eigenvalue weighted by Crippen LogP contribution is 2.34. The number of likely N-dealkylation sites (tertiary alicyclic amines) is 1. The zero-order valence-electron chi connectivity index (χ0n) is 15.2. The quantitative estimate of drug-likeness (QED) is 0.886. The maximum atomic E-state index is 12.9. The summed E-state index contributed by atoms with van der Waals surface area (Å²) in [6, 6.07) is 7.36. The largest absolute Gasteiger partial charge is 0.497 e. The molecule has 1 saturated heterocycles. The Balaban J connectivity index is 1.85. The molecule has 0 bridgehead atoms. The van der Waals surface area contributed by atoms with E-state index in [0.717, 1.165) is 5.56 Å². The molecule has 1 aliphatic rings. The minimum absolute atomic E-state index is 0.163. The molecular weight excluding hydrogens is 334 g/mol. The van der Waals surface area contributed by atoms with Gasteiger partial charge in [0, 0.05) is 31.7 Å². The van der Waals surface area contributed by atoms with E-state index >= 15 is 0 Å². The van der Waals surface area contributed by atoms with Crippen LogP contribution in [0.2, 0.25) is 0 Å². The van der Waals surface area contributed by atoms with Gasteiger partial charge in [-0.15, -0.1) is 0 Å². The molecular formula is C19H23N3O4. The Morgan fingerprint density at radius 3 is 2.50 bits per heavy atom. The molecule has 7 nitrogen and oxygen atoms in total. The van der Waals surface area contributed by atoms with Crippen LogP contribution in [0.3, 0.4) is 0 Å². The van der Waals surface area contributed by atoms with E-state index in [4.69, 9.17) is 4.74 Å². The Morgan fingerprint density at radius 2 is 1.96 bits per heavy atom. The Morgan fingerprint density at radius 1 is 1.27 bits per heavy atom. The van der Waals surface area contributed by atoms with Gasteiger partial charge in [-0.2, -0.15) is 5.10 Å². The number of hydrogen-bond donors (Lipinski definition) is 1. The summed E-state index contributed by atoms with van der Waals surface area (Å²) >= 11 is 0. The lowest BCUT2D eigenvalue weighted by Gasteiger charge is -2.16. The van der Waals surface area contributed by atoms with Crippen molar-refractivity contribution in [3.05, 3.63) is 47.3 Å². The van der Waals surface area contributed by atoms with E-state index in [-0.39, 0.29) is 18.4 Å². The van der Waals surface area contributed by atoms with Crippen LogP contribution in [-0.2, 0) is 11.3 Å². The van der Waals surface area contributed by atoms with Gasteiger partial charge in [-0.25, -0.2) is 0 Å². The average molecular weight is 357 g/mol. The number of benzene rings is 1. The third-order valence-electron chi connectivity index (χ3n) is 4.97. The number of methoxy groups -OCH3 is 1. The van der Waals surface area contributed by atoms with Crippen molar-refractivity contribution in [3.63, 3.8) is 0 Å². The second-order valence-corrected chi connectivity index (χ2v) is 6.52. The number of ether oxygens (including phenoxy) is 1. The first-order valence-corrected chi connectivity index (χ1v) is 8.64. The summed E-state index contributed by atoms with van der Waals surface area (Å²) < 4.78 is 6.88. The number of rotatable bonds is 5. The van der Waals surface area contributed by atoms with E-state index in [1.165, 1.54) is 0 Å². The van der Waals surface area contributed by atoms with Crippen LogP contribution >= 0.6 is 0 Å². The number of carbonyl (C=O) groups is 2. The minimum Gasteiger partial charge on any atom is -0.497 e. The van der Waals surface area contributed by atoms with Crippen LogP contribution < -0.4 is 4.74 Å². The molecule has 26 heavy (non-hydrogen) atoms. The molecule has 7 heteroatoms. The van der Waals surface area contributed by atoms with E-state index in [1.54, 1.807) is 29.8 Å². The van der Waals surface area contributed by atoms with Crippen LogP contribution in [-0.4, -0.2) is 51.9 Å². The molecule has 0 radical (unpaired) electrons. The Kier molecular flexibility index (Phi) is 4.97. The van der Waals surface area contributed by atoms with Crippen LogP contribution in [0.15, 0.2) is 30.5 Å². The summed E-state index contributed by atoms with van der Waals surface area (Å²) in [7, 11) is 1.59.